The van der Waals surface area contributed by atoms with Gasteiger partial charge in [-0.3, -0.25) is 0 Å². The van der Waals surface area contributed by atoms with Crippen LogP contribution in [0.15, 0.2) is 22.8 Å². The lowest BCUT2D eigenvalue weighted by molar-refractivity contribution is 0.324. The molecule has 0 aromatic rings. The Kier molecular flexibility index (Phi) is 0.846. The van der Waals surface area contributed by atoms with Crippen LogP contribution in [0, 0.1) is 0 Å². The molecule has 0 saturated carbocycles. The van der Waals surface area contributed by atoms with Gasteiger partial charge in [0.2, 0.25) is 5.88 Å². The molecule has 3 heteroatoms. The van der Waals surface area contributed by atoms with E-state index in [0.717, 1.165) is 24.5 Å². The first kappa shape index (κ1) is 4.65. The molecule has 2 rings (SSSR count). The standard InChI is InChI=1S/C6H6N2O/c1-2-8-6-5(1)7-3-4-9-6/h4,8H,1-2H2. The summed E-state index contributed by atoms with van der Waals surface area (Å²) >= 11 is 0. The van der Waals surface area contributed by atoms with Crippen molar-refractivity contribution in [1.29, 1.82) is 0 Å². The molecular weight excluding hydrogens is 116 g/mol. The van der Waals surface area contributed by atoms with Crippen LogP contribution in [0.3, 0.4) is 0 Å². The number of nitrogens with zero attached hydrogens (tertiary/aromatic N) is 1. The third-order valence-electron chi connectivity index (χ3n) is 1.34. The van der Waals surface area contributed by atoms with Gasteiger partial charge in [-0.05, 0) is 0 Å². The minimum absolute atomic E-state index is 0.800. The van der Waals surface area contributed by atoms with E-state index in [0.29, 0.717) is 0 Å². The van der Waals surface area contributed by atoms with Crippen molar-refractivity contribution in [2.75, 3.05) is 6.54 Å². The van der Waals surface area contributed by atoms with Crippen LogP contribution in [0.1, 0.15) is 6.42 Å². The Hall–Kier alpha value is -1.21. The van der Waals surface area contributed by atoms with E-state index < -0.39 is 0 Å². The van der Waals surface area contributed by atoms with Crippen molar-refractivity contribution in [3.8, 4) is 0 Å². The largest absolute Gasteiger partial charge is 0.437 e. The molecule has 2 aliphatic heterocycles. The topological polar surface area (TPSA) is 33.6 Å². The Morgan fingerprint density at radius 1 is 1.78 bits per heavy atom. The Labute approximate surface area is 52.7 Å². The molecule has 2 heterocycles. The molecule has 0 spiro atoms. The monoisotopic (exact) mass is 122 g/mol. The number of ether oxygens (including phenoxy) is 1. The van der Waals surface area contributed by atoms with Crippen molar-refractivity contribution in [2.24, 2.45) is 4.99 Å². The van der Waals surface area contributed by atoms with E-state index >= 15 is 0 Å². The highest BCUT2D eigenvalue weighted by atomic mass is 16.5. The summed E-state index contributed by atoms with van der Waals surface area (Å²) < 4.78 is 5.04. The Morgan fingerprint density at radius 2 is 2.78 bits per heavy atom. The van der Waals surface area contributed by atoms with Crippen molar-refractivity contribution in [3.05, 3.63) is 17.8 Å². The number of aliphatic imine (C=N–C) groups is 1. The van der Waals surface area contributed by atoms with Gasteiger partial charge in [-0.15, -0.1) is 0 Å². The summed E-state index contributed by atoms with van der Waals surface area (Å²) in [5, 5.41) is 3.05. The van der Waals surface area contributed by atoms with E-state index in [2.05, 4.69) is 16.2 Å². The van der Waals surface area contributed by atoms with Crippen molar-refractivity contribution in [1.82, 2.24) is 5.32 Å². The van der Waals surface area contributed by atoms with Crippen molar-refractivity contribution < 1.29 is 4.74 Å². The highest BCUT2D eigenvalue weighted by Gasteiger charge is 2.14. The SMILES string of the molecule is C1=COC2=C(CCN2)N=1. The van der Waals surface area contributed by atoms with Gasteiger partial charge in [0.1, 0.15) is 5.70 Å². The molecule has 0 unspecified atom stereocenters. The number of rotatable bonds is 0. The molecule has 0 aromatic carbocycles. The van der Waals surface area contributed by atoms with Gasteiger partial charge in [-0.2, -0.15) is 0 Å². The van der Waals surface area contributed by atoms with Gasteiger partial charge < -0.3 is 10.1 Å². The van der Waals surface area contributed by atoms with Crippen LogP contribution in [0.2, 0.25) is 0 Å². The predicted molar refractivity (Wildman–Crippen MR) is 32.7 cm³/mol. The zero-order chi connectivity index (χ0) is 6.10. The molecule has 0 fully saturated rings. The summed E-state index contributed by atoms with van der Waals surface area (Å²) in [5.41, 5.74) is 0.984. The third-order valence-corrected chi connectivity index (χ3v) is 1.34. The molecular formula is C6H6N2O. The maximum Gasteiger partial charge on any atom is 0.216 e. The minimum Gasteiger partial charge on any atom is -0.437 e. The van der Waals surface area contributed by atoms with Gasteiger partial charge in [-0.1, -0.05) is 0 Å². The molecule has 0 aromatic heterocycles. The average molecular weight is 122 g/mol. The molecule has 0 amide bonds. The van der Waals surface area contributed by atoms with Gasteiger partial charge in [-0.25, -0.2) is 4.99 Å². The zero-order valence-corrected chi connectivity index (χ0v) is 4.85. The number of hydrogen-bond acceptors (Lipinski definition) is 3. The van der Waals surface area contributed by atoms with Gasteiger partial charge >= 0.3 is 0 Å². The van der Waals surface area contributed by atoms with Crippen LogP contribution in [-0.4, -0.2) is 12.4 Å². The summed E-state index contributed by atoms with van der Waals surface area (Å²) in [6.07, 6.45) is 2.41. The van der Waals surface area contributed by atoms with Crippen LogP contribution in [-0.2, 0) is 4.74 Å². The fourth-order valence-electron chi connectivity index (χ4n) is 0.916. The third kappa shape index (κ3) is 0.625. The lowest BCUT2D eigenvalue weighted by atomic mass is 10.4. The van der Waals surface area contributed by atoms with E-state index in [1.165, 1.54) is 6.26 Å². The Morgan fingerprint density at radius 3 is 3.67 bits per heavy atom. The minimum atomic E-state index is 0.800. The fraction of sp³-hybridized carbons (Fsp3) is 0.333. The first-order chi connectivity index (χ1) is 4.47. The second kappa shape index (κ2) is 1.64. The summed E-state index contributed by atoms with van der Waals surface area (Å²) in [7, 11) is 0. The van der Waals surface area contributed by atoms with Gasteiger partial charge in [0.15, 0.2) is 6.26 Å². The second-order valence-electron chi connectivity index (χ2n) is 1.93. The molecule has 2 aliphatic rings. The van der Waals surface area contributed by atoms with E-state index in [9.17, 15) is 0 Å². The smallest absolute Gasteiger partial charge is 0.216 e. The van der Waals surface area contributed by atoms with Gasteiger partial charge in [0.25, 0.3) is 0 Å². The zero-order valence-electron chi connectivity index (χ0n) is 4.85. The first-order valence-corrected chi connectivity index (χ1v) is 2.88. The lowest BCUT2D eigenvalue weighted by Gasteiger charge is -2.02. The molecule has 46 valence electrons. The second-order valence-corrected chi connectivity index (χ2v) is 1.93. The average Bonchev–Trinajstić information content (AvgIpc) is 2.33. The fourth-order valence-corrected chi connectivity index (χ4v) is 0.916. The summed E-state index contributed by atoms with van der Waals surface area (Å²) in [4.78, 5) is 3.98. The molecule has 3 nitrogen and oxygen atoms in total. The molecule has 0 radical (unpaired) electrons. The van der Waals surface area contributed by atoms with E-state index in [1.807, 2.05) is 0 Å². The van der Waals surface area contributed by atoms with Crippen LogP contribution >= 0.6 is 0 Å². The normalized spacial score (nSPS) is 21.3. The van der Waals surface area contributed by atoms with Crippen LogP contribution < -0.4 is 5.32 Å². The number of nitrogens with one attached hydrogen (secondary N) is 1. The van der Waals surface area contributed by atoms with Crippen molar-refractivity contribution in [3.63, 3.8) is 0 Å². The molecule has 9 heavy (non-hydrogen) atoms. The number of hydrogen-bond donors (Lipinski definition) is 1. The molecule has 0 atom stereocenters. The van der Waals surface area contributed by atoms with Gasteiger partial charge in [0.05, 0.1) is 0 Å². The first-order valence-electron chi connectivity index (χ1n) is 2.88. The summed E-state index contributed by atoms with van der Waals surface area (Å²) in [6, 6.07) is 0. The van der Waals surface area contributed by atoms with Gasteiger partial charge in [0, 0.05) is 18.8 Å². The highest BCUT2D eigenvalue weighted by molar-refractivity contribution is 5.54. The Bertz CT molecular complexity index is 223. The molecule has 1 N–H and O–H groups in total. The molecule has 0 bridgehead atoms. The maximum absolute atomic E-state index is 5.04. The molecule has 0 saturated heterocycles. The molecule has 0 aliphatic carbocycles. The van der Waals surface area contributed by atoms with Crippen LogP contribution in [0.25, 0.3) is 0 Å². The lowest BCUT2D eigenvalue weighted by Crippen LogP contribution is -2.08. The van der Waals surface area contributed by atoms with E-state index in [1.54, 1.807) is 0 Å². The van der Waals surface area contributed by atoms with Crippen LogP contribution in [0.5, 0.6) is 0 Å². The quantitative estimate of drug-likeness (QED) is 0.503. The predicted octanol–water partition coefficient (Wildman–Crippen LogP) is 0.362. The van der Waals surface area contributed by atoms with Crippen molar-refractivity contribution >= 4 is 5.87 Å². The van der Waals surface area contributed by atoms with E-state index in [4.69, 9.17) is 4.74 Å². The summed E-state index contributed by atoms with van der Waals surface area (Å²) in [6.45, 7) is 0.934. The summed E-state index contributed by atoms with van der Waals surface area (Å²) in [5.74, 6) is 3.44. The van der Waals surface area contributed by atoms with Crippen molar-refractivity contribution in [2.45, 2.75) is 6.42 Å². The Balaban J connectivity index is 2.37. The van der Waals surface area contributed by atoms with E-state index in [-0.39, 0.29) is 0 Å². The highest BCUT2D eigenvalue weighted by Crippen LogP contribution is 2.16. The van der Waals surface area contributed by atoms with Crippen LogP contribution in [0.4, 0.5) is 0 Å². The maximum atomic E-state index is 5.04.